The summed E-state index contributed by atoms with van der Waals surface area (Å²) in [5, 5.41) is 3.11. The molecule has 1 unspecified atom stereocenters. The van der Waals surface area contributed by atoms with Gasteiger partial charge in [-0.25, -0.2) is 0 Å². The molecule has 0 radical (unpaired) electrons. The fourth-order valence-electron chi connectivity index (χ4n) is 2.58. The number of nitrogens with zero attached hydrogens (tertiary/aromatic N) is 1. The molecular weight excluding hydrogens is 188 g/mol. The summed E-state index contributed by atoms with van der Waals surface area (Å²) in [4.78, 5) is 14.1. The van der Waals surface area contributed by atoms with E-state index in [0.29, 0.717) is 17.9 Å². The topological polar surface area (TPSA) is 32.3 Å². The highest BCUT2D eigenvalue weighted by Gasteiger charge is 2.27. The number of hydrogen-bond donors (Lipinski definition) is 1. The minimum Gasteiger partial charge on any atom is -0.354 e. The van der Waals surface area contributed by atoms with Crippen molar-refractivity contribution in [1.82, 2.24) is 10.2 Å². The largest absolute Gasteiger partial charge is 0.354 e. The van der Waals surface area contributed by atoms with Gasteiger partial charge in [-0.1, -0.05) is 13.3 Å². The smallest absolute Gasteiger partial charge is 0.223 e. The summed E-state index contributed by atoms with van der Waals surface area (Å²) in [6.07, 6.45) is 5.99. The Morgan fingerprint density at radius 2 is 2.13 bits per heavy atom. The van der Waals surface area contributed by atoms with Crippen LogP contribution in [-0.2, 0) is 4.79 Å². The minimum atomic E-state index is 0.296. The maximum absolute atomic E-state index is 11.6. The molecule has 1 aliphatic carbocycles. The van der Waals surface area contributed by atoms with E-state index in [2.05, 4.69) is 17.1 Å². The average Bonchev–Trinajstić information content (AvgIpc) is 2.58. The van der Waals surface area contributed by atoms with Crippen molar-refractivity contribution in [3.63, 3.8) is 0 Å². The molecule has 0 aromatic rings. The van der Waals surface area contributed by atoms with Crippen LogP contribution in [0.15, 0.2) is 0 Å². The van der Waals surface area contributed by atoms with E-state index in [9.17, 15) is 4.79 Å². The summed E-state index contributed by atoms with van der Waals surface area (Å²) in [5.41, 5.74) is 0. The van der Waals surface area contributed by atoms with Crippen LogP contribution in [0, 0.1) is 5.92 Å². The second kappa shape index (κ2) is 4.97. The van der Waals surface area contributed by atoms with E-state index in [4.69, 9.17) is 0 Å². The van der Waals surface area contributed by atoms with Crippen molar-refractivity contribution in [2.24, 2.45) is 5.92 Å². The molecule has 15 heavy (non-hydrogen) atoms. The van der Waals surface area contributed by atoms with Crippen LogP contribution in [0.3, 0.4) is 0 Å². The number of amides is 1. The lowest BCUT2D eigenvalue weighted by atomic mass is 9.85. The summed E-state index contributed by atoms with van der Waals surface area (Å²) >= 11 is 0. The molecule has 1 atom stereocenters. The van der Waals surface area contributed by atoms with Crippen molar-refractivity contribution in [3.05, 3.63) is 0 Å². The van der Waals surface area contributed by atoms with Gasteiger partial charge in [-0.2, -0.15) is 0 Å². The van der Waals surface area contributed by atoms with Crippen molar-refractivity contribution < 1.29 is 4.79 Å². The monoisotopic (exact) mass is 210 g/mol. The highest BCUT2D eigenvalue weighted by atomic mass is 16.1. The molecule has 0 aromatic heterocycles. The minimum absolute atomic E-state index is 0.296. The fraction of sp³-hybridized carbons (Fsp3) is 0.917. The molecule has 1 saturated heterocycles. The van der Waals surface area contributed by atoms with Gasteiger partial charge in [-0.05, 0) is 38.8 Å². The van der Waals surface area contributed by atoms with Crippen molar-refractivity contribution in [2.75, 3.05) is 19.6 Å². The highest BCUT2D eigenvalue weighted by Crippen LogP contribution is 2.26. The Labute approximate surface area is 92.2 Å². The highest BCUT2D eigenvalue weighted by molar-refractivity contribution is 5.79. The number of rotatable bonds is 4. The van der Waals surface area contributed by atoms with Crippen LogP contribution in [0.4, 0.5) is 0 Å². The number of hydrogen-bond acceptors (Lipinski definition) is 2. The van der Waals surface area contributed by atoms with Gasteiger partial charge in [0.15, 0.2) is 0 Å². The number of carbonyl (C=O) groups excluding carboxylic acids is 1. The lowest BCUT2D eigenvalue weighted by molar-refractivity contribution is -0.127. The lowest BCUT2D eigenvalue weighted by Crippen LogP contribution is -2.43. The van der Waals surface area contributed by atoms with Crippen LogP contribution in [0.25, 0.3) is 0 Å². The van der Waals surface area contributed by atoms with Crippen LogP contribution < -0.4 is 5.32 Å². The Morgan fingerprint density at radius 3 is 2.73 bits per heavy atom. The normalized spacial score (nSPS) is 27.7. The molecule has 2 rings (SSSR count). The average molecular weight is 210 g/mol. The van der Waals surface area contributed by atoms with Gasteiger partial charge in [-0.15, -0.1) is 0 Å². The third-order valence-electron chi connectivity index (χ3n) is 3.89. The van der Waals surface area contributed by atoms with E-state index in [-0.39, 0.29) is 0 Å². The SMILES string of the molecule is CCN1CCCC1CNC(=O)C1CCC1. The van der Waals surface area contributed by atoms with Gasteiger partial charge in [0, 0.05) is 18.5 Å². The third kappa shape index (κ3) is 2.51. The number of likely N-dealkylation sites (tertiary alicyclic amines) is 1. The van der Waals surface area contributed by atoms with Crippen molar-refractivity contribution in [2.45, 2.75) is 45.1 Å². The molecule has 2 aliphatic rings. The van der Waals surface area contributed by atoms with Crippen molar-refractivity contribution in [3.8, 4) is 0 Å². The van der Waals surface area contributed by atoms with Gasteiger partial charge in [0.1, 0.15) is 0 Å². The maximum Gasteiger partial charge on any atom is 0.223 e. The standard InChI is InChI=1S/C12H22N2O/c1-2-14-8-4-7-11(14)9-13-12(15)10-5-3-6-10/h10-11H,2-9H2,1H3,(H,13,15). The molecule has 1 aliphatic heterocycles. The van der Waals surface area contributed by atoms with Crippen LogP contribution in [0.1, 0.15) is 39.0 Å². The quantitative estimate of drug-likeness (QED) is 0.760. The van der Waals surface area contributed by atoms with Crippen LogP contribution in [-0.4, -0.2) is 36.5 Å². The van der Waals surface area contributed by atoms with E-state index in [1.165, 1.54) is 25.8 Å². The first-order valence-corrected chi connectivity index (χ1v) is 6.33. The Balaban J connectivity index is 1.70. The predicted molar refractivity (Wildman–Crippen MR) is 60.6 cm³/mol. The molecule has 0 bridgehead atoms. The van der Waals surface area contributed by atoms with Gasteiger partial charge in [0.2, 0.25) is 5.91 Å². The molecule has 1 N–H and O–H groups in total. The molecule has 1 amide bonds. The van der Waals surface area contributed by atoms with Gasteiger partial charge in [0.05, 0.1) is 0 Å². The predicted octanol–water partition coefficient (Wildman–Crippen LogP) is 1.39. The zero-order valence-electron chi connectivity index (χ0n) is 9.67. The number of carbonyl (C=O) groups is 1. The van der Waals surface area contributed by atoms with Crippen LogP contribution in [0.5, 0.6) is 0 Å². The summed E-state index contributed by atoms with van der Waals surface area (Å²) in [6.45, 7) is 5.39. The zero-order valence-corrected chi connectivity index (χ0v) is 9.67. The summed E-state index contributed by atoms with van der Waals surface area (Å²) < 4.78 is 0. The third-order valence-corrected chi connectivity index (χ3v) is 3.89. The summed E-state index contributed by atoms with van der Waals surface area (Å²) in [5.74, 6) is 0.630. The Bertz CT molecular complexity index is 226. The molecule has 86 valence electrons. The van der Waals surface area contributed by atoms with E-state index in [1.807, 2.05) is 0 Å². The first-order chi connectivity index (χ1) is 7.31. The van der Waals surface area contributed by atoms with Crippen LogP contribution >= 0.6 is 0 Å². The van der Waals surface area contributed by atoms with Gasteiger partial charge >= 0.3 is 0 Å². The van der Waals surface area contributed by atoms with Gasteiger partial charge in [-0.3, -0.25) is 9.69 Å². The Kier molecular flexibility index (Phi) is 3.62. The molecule has 3 heteroatoms. The molecule has 3 nitrogen and oxygen atoms in total. The first-order valence-electron chi connectivity index (χ1n) is 6.33. The molecule has 1 heterocycles. The number of nitrogens with one attached hydrogen (secondary N) is 1. The molecule has 2 fully saturated rings. The number of likely N-dealkylation sites (N-methyl/N-ethyl adjacent to an activating group) is 1. The van der Waals surface area contributed by atoms with Gasteiger partial charge in [0.25, 0.3) is 0 Å². The Hall–Kier alpha value is -0.570. The molecule has 0 spiro atoms. The fourth-order valence-corrected chi connectivity index (χ4v) is 2.58. The maximum atomic E-state index is 11.6. The van der Waals surface area contributed by atoms with Crippen molar-refractivity contribution >= 4 is 5.91 Å². The van der Waals surface area contributed by atoms with E-state index >= 15 is 0 Å². The second-order valence-electron chi connectivity index (χ2n) is 4.80. The Morgan fingerprint density at radius 1 is 1.33 bits per heavy atom. The lowest BCUT2D eigenvalue weighted by Gasteiger charge is -2.27. The van der Waals surface area contributed by atoms with E-state index in [0.717, 1.165) is 25.9 Å². The molecule has 0 aromatic carbocycles. The zero-order chi connectivity index (χ0) is 10.7. The van der Waals surface area contributed by atoms with Gasteiger partial charge < -0.3 is 5.32 Å². The van der Waals surface area contributed by atoms with Crippen molar-refractivity contribution in [1.29, 1.82) is 0 Å². The second-order valence-corrected chi connectivity index (χ2v) is 4.80. The molecule has 1 saturated carbocycles. The van der Waals surface area contributed by atoms with Crippen LogP contribution in [0.2, 0.25) is 0 Å². The first kappa shape index (κ1) is 10.9. The van der Waals surface area contributed by atoms with E-state index < -0.39 is 0 Å². The van der Waals surface area contributed by atoms with E-state index in [1.54, 1.807) is 0 Å². The summed E-state index contributed by atoms with van der Waals surface area (Å²) in [6, 6.07) is 0.596. The molecular formula is C12H22N2O. The summed E-state index contributed by atoms with van der Waals surface area (Å²) in [7, 11) is 0.